The quantitative estimate of drug-likeness (QED) is 0.708. The molecule has 0 fully saturated rings. The van der Waals surface area contributed by atoms with Crippen LogP contribution in [0.3, 0.4) is 0 Å². The van der Waals surface area contributed by atoms with Crippen LogP contribution in [0.15, 0.2) is 18.2 Å². The third kappa shape index (κ3) is 6.18. The highest BCUT2D eigenvalue weighted by atomic mass is 16.5. The summed E-state index contributed by atoms with van der Waals surface area (Å²) in [4.78, 5) is 24.6. The molecule has 0 spiro atoms. The summed E-state index contributed by atoms with van der Waals surface area (Å²) >= 11 is 0. The number of benzene rings is 1. The molecule has 25 heavy (non-hydrogen) atoms. The zero-order valence-corrected chi connectivity index (χ0v) is 16.7. The van der Waals surface area contributed by atoms with Crippen molar-refractivity contribution in [3.05, 3.63) is 29.3 Å². The number of Topliss-reactive ketones (excluding diaryl/α,β-unsaturated/α-hetero) is 1. The molecule has 0 radical (unpaired) electrons. The lowest BCUT2D eigenvalue weighted by atomic mass is 9.82. The molecule has 1 rings (SSSR count). The van der Waals surface area contributed by atoms with Crippen LogP contribution in [-0.4, -0.2) is 24.4 Å². The maximum Gasteiger partial charge on any atom is 0.310 e. The fourth-order valence-corrected chi connectivity index (χ4v) is 2.72. The van der Waals surface area contributed by atoms with Gasteiger partial charge in [-0.1, -0.05) is 53.7 Å². The standard InChI is InChI=1S/C21H33NO3/c1-8-16-11-10-15(13-18(23)25-9-2)12-17(16)22-19(14(3)4)20(24)21(5,6)7/h10-12,14,19,22H,8-9,13H2,1-7H3. The molecule has 0 aliphatic heterocycles. The van der Waals surface area contributed by atoms with Gasteiger partial charge in [0.1, 0.15) is 0 Å². The molecule has 0 aliphatic rings. The first-order chi connectivity index (χ1) is 11.6. The van der Waals surface area contributed by atoms with Crippen molar-refractivity contribution in [2.75, 3.05) is 11.9 Å². The maximum absolute atomic E-state index is 12.8. The Morgan fingerprint density at radius 2 is 1.80 bits per heavy atom. The highest BCUT2D eigenvalue weighted by molar-refractivity contribution is 5.91. The van der Waals surface area contributed by atoms with Crippen LogP contribution >= 0.6 is 0 Å². The Labute approximate surface area is 152 Å². The number of rotatable bonds is 8. The molecule has 140 valence electrons. The van der Waals surface area contributed by atoms with Crippen molar-refractivity contribution in [3.63, 3.8) is 0 Å². The van der Waals surface area contributed by atoms with E-state index in [4.69, 9.17) is 4.74 Å². The Morgan fingerprint density at radius 3 is 2.28 bits per heavy atom. The van der Waals surface area contributed by atoms with Gasteiger partial charge in [0.05, 0.1) is 19.1 Å². The number of aryl methyl sites for hydroxylation is 1. The third-order valence-corrected chi connectivity index (χ3v) is 4.21. The minimum Gasteiger partial charge on any atom is -0.466 e. The first-order valence-electron chi connectivity index (χ1n) is 9.18. The van der Waals surface area contributed by atoms with Crippen LogP contribution in [0.1, 0.15) is 59.6 Å². The summed E-state index contributed by atoms with van der Waals surface area (Å²) in [5.41, 5.74) is 2.56. The third-order valence-electron chi connectivity index (χ3n) is 4.21. The number of esters is 1. The fourth-order valence-electron chi connectivity index (χ4n) is 2.72. The number of carbonyl (C=O) groups excluding carboxylic acids is 2. The number of hydrogen-bond acceptors (Lipinski definition) is 4. The van der Waals surface area contributed by atoms with Gasteiger partial charge in [-0.3, -0.25) is 9.59 Å². The zero-order valence-electron chi connectivity index (χ0n) is 16.7. The predicted octanol–water partition coefficient (Wildman–Crippen LogP) is 4.41. The van der Waals surface area contributed by atoms with E-state index in [1.54, 1.807) is 6.92 Å². The van der Waals surface area contributed by atoms with Gasteiger partial charge in [0.15, 0.2) is 5.78 Å². The van der Waals surface area contributed by atoms with E-state index in [2.05, 4.69) is 26.1 Å². The molecular formula is C21H33NO3. The number of nitrogens with one attached hydrogen (secondary N) is 1. The van der Waals surface area contributed by atoms with Crippen molar-refractivity contribution in [1.29, 1.82) is 0 Å². The Morgan fingerprint density at radius 1 is 1.16 bits per heavy atom. The molecule has 1 unspecified atom stereocenters. The number of carbonyl (C=O) groups is 2. The molecular weight excluding hydrogens is 314 g/mol. The number of ketones is 1. The van der Waals surface area contributed by atoms with Crippen molar-refractivity contribution >= 4 is 17.4 Å². The van der Waals surface area contributed by atoms with Gasteiger partial charge in [-0.2, -0.15) is 0 Å². The fraction of sp³-hybridized carbons (Fsp3) is 0.619. The molecule has 1 aromatic rings. The van der Waals surface area contributed by atoms with Gasteiger partial charge in [0.2, 0.25) is 0 Å². The Bertz CT molecular complexity index is 600. The van der Waals surface area contributed by atoms with E-state index >= 15 is 0 Å². The molecule has 0 saturated carbocycles. The number of anilines is 1. The van der Waals surface area contributed by atoms with Crippen molar-refractivity contribution in [1.82, 2.24) is 0 Å². The molecule has 0 amide bonds. The van der Waals surface area contributed by atoms with E-state index in [1.807, 2.05) is 39.0 Å². The highest BCUT2D eigenvalue weighted by Crippen LogP contribution is 2.26. The summed E-state index contributed by atoms with van der Waals surface area (Å²) in [6.45, 7) is 14.2. The Balaban J connectivity index is 3.11. The molecule has 0 heterocycles. The van der Waals surface area contributed by atoms with Gasteiger partial charge in [0.25, 0.3) is 0 Å². The average Bonchev–Trinajstić information content (AvgIpc) is 2.51. The summed E-state index contributed by atoms with van der Waals surface area (Å²) in [5.74, 6) is 0.134. The van der Waals surface area contributed by atoms with Crippen LogP contribution in [0, 0.1) is 11.3 Å². The lowest BCUT2D eigenvalue weighted by molar-refractivity contribution is -0.142. The van der Waals surface area contributed by atoms with Gasteiger partial charge in [-0.15, -0.1) is 0 Å². The lowest BCUT2D eigenvalue weighted by Gasteiger charge is -2.30. The molecule has 1 aromatic carbocycles. The van der Waals surface area contributed by atoms with Crippen molar-refractivity contribution in [3.8, 4) is 0 Å². The van der Waals surface area contributed by atoms with E-state index < -0.39 is 5.41 Å². The van der Waals surface area contributed by atoms with Gasteiger partial charge >= 0.3 is 5.97 Å². The maximum atomic E-state index is 12.8. The second kappa shape index (κ2) is 9.02. The van der Waals surface area contributed by atoms with E-state index in [9.17, 15) is 9.59 Å². The van der Waals surface area contributed by atoms with Crippen molar-refractivity contribution in [2.45, 2.75) is 67.3 Å². The largest absolute Gasteiger partial charge is 0.466 e. The van der Waals surface area contributed by atoms with E-state index in [-0.39, 0.29) is 30.1 Å². The lowest BCUT2D eigenvalue weighted by Crippen LogP contribution is -2.41. The predicted molar refractivity (Wildman–Crippen MR) is 103 cm³/mol. The van der Waals surface area contributed by atoms with Crippen LogP contribution < -0.4 is 5.32 Å². The van der Waals surface area contributed by atoms with Crippen molar-refractivity contribution in [2.24, 2.45) is 11.3 Å². The van der Waals surface area contributed by atoms with Crippen LogP contribution in [0.2, 0.25) is 0 Å². The summed E-state index contributed by atoms with van der Waals surface area (Å²) in [7, 11) is 0. The van der Waals surface area contributed by atoms with E-state index in [0.717, 1.165) is 23.2 Å². The first kappa shape index (κ1) is 21.2. The minimum atomic E-state index is -0.406. The second-order valence-electron chi connectivity index (χ2n) is 7.81. The van der Waals surface area contributed by atoms with Gasteiger partial charge < -0.3 is 10.1 Å². The molecule has 4 heteroatoms. The monoisotopic (exact) mass is 347 g/mol. The molecule has 0 aromatic heterocycles. The molecule has 1 atom stereocenters. The molecule has 0 saturated heterocycles. The smallest absolute Gasteiger partial charge is 0.310 e. The zero-order chi connectivity index (χ0) is 19.2. The summed E-state index contributed by atoms with van der Waals surface area (Å²) in [5, 5.41) is 3.45. The Hall–Kier alpha value is -1.84. The normalized spacial score (nSPS) is 12.8. The summed E-state index contributed by atoms with van der Waals surface area (Å²) < 4.78 is 5.03. The molecule has 0 aliphatic carbocycles. The number of hydrogen-bond donors (Lipinski definition) is 1. The van der Waals surface area contributed by atoms with Crippen LogP contribution in [0.4, 0.5) is 5.69 Å². The van der Waals surface area contributed by atoms with Crippen molar-refractivity contribution < 1.29 is 14.3 Å². The second-order valence-corrected chi connectivity index (χ2v) is 7.81. The van der Waals surface area contributed by atoms with E-state index in [0.29, 0.717) is 6.61 Å². The Kier molecular flexibility index (Phi) is 7.65. The first-order valence-corrected chi connectivity index (χ1v) is 9.18. The van der Waals surface area contributed by atoms with E-state index in [1.165, 1.54) is 0 Å². The van der Waals surface area contributed by atoms with Gasteiger partial charge in [0, 0.05) is 11.1 Å². The SMILES string of the molecule is CCOC(=O)Cc1ccc(CC)c(NC(C(=O)C(C)(C)C)C(C)C)c1. The topological polar surface area (TPSA) is 55.4 Å². The molecule has 1 N–H and O–H groups in total. The summed E-state index contributed by atoms with van der Waals surface area (Å²) in [6.07, 6.45) is 1.10. The molecule has 4 nitrogen and oxygen atoms in total. The minimum absolute atomic E-state index is 0.171. The average molecular weight is 347 g/mol. The molecule has 0 bridgehead atoms. The van der Waals surface area contributed by atoms with Gasteiger partial charge in [-0.25, -0.2) is 0 Å². The summed E-state index contributed by atoms with van der Waals surface area (Å²) in [6, 6.07) is 5.69. The van der Waals surface area contributed by atoms with Crippen LogP contribution in [0.25, 0.3) is 0 Å². The van der Waals surface area contributed by atoms with Gasteiger partial charge in [-0.05, 0) is 36.5 Å². The van der Waals surface area contributed by atoms with Crippen LogP contribution in [-0.2, 0) is 27.2 Å². The van der Waals surface area contributed by atoms with Crippen LogP contribution in [0.5, 0.6) is 0 Å². The number of ether oxygens (including phenoxy) is 1. The highest BCUT2D eigenvalue weighted by Gasteiger charge is 2.32.